The maximum atomic E-state index is 5.95. The molecular weight excluding hydrogens is 452 g/mol. The molecule has 0 spiro atoms. The lowest BCUT2D eigenvalue weighted by molar-refractivity contribution is 1.04. The molecule has 182 valence electrons. The highest BCUT2D eigenvalue weighted by atomic mass is 15.0. The summed E-state index contributed by atoms with van der Waals surface area (Å²) >= 11 is 0. The summed E-state index contributed by atoms with van der Waals surface area (Å²) in [5, 5.41) is 0. The van der Waals surface area contributed by atoms with Crippen LogP contribution in [0.1, 0.15) is 25.2 Å². The first-order chi connectivity index (χ1) is 18.1. The monoisotopic (exact) mass is 482 g/mol. The minimum Gasteiger partial charge on any atom is -0.399 e. The normalized spacial score (nSPS) is 12.1. The summed E-state index contributed by atoms with van der Waals surface area (Å²) < 4.78 is 0. The average molecular weight is 483 g/mol. The van der Waals surface area contributed by atoms with Crippen LogP contribution in [-0.4, -0.2) is 15.0 Å². The summed E-state index contributed by atoms with van der Waals surface area (Å²) in [6, 6.07) is 24.2. The van der Waals surface area contributed by atoms with Crippen molar-refractivity contribution in [2.24, 2.45) is 0 Å². The van der Waals surface area contributed by atoms with E-state index in [4.69, 9.17) is 20.7 Å². The number of benzene rings is 3. The lowest BCUT2D eigenvalue weighted by Crippen LogP contribution is -2.02. The Bertz CT molecular complexity index is 1510. The summed E-state index contributed by atoms with van der Waals surface area (Å²) in [7, 11) is 0. The Balaban J connectivity index is 2.00. The fourth-order valence-electron chi connectivity index (χ4n) is 4.02. The van der Waals surface area contributed by atoms with Gasteiger partial charge < -0.3 is 5.73 Å². The van der Waals surface area contributed by atoms with Gasteiger partial charge in [0.15, 0.2) is 17.5 Å². The lowest BCUT2D eigenvalue weighted by atomic mass is 9.95. The first-order valence-corrected chi connectivity index (χ1v) is 12.1. The van der Waals surface area contributed by atoms with Crippen molar-refractivity contribution >= 4 is 16.8 Å². The molecule has 1 aromatic heterocycles. The van der Waals surface area contributed by atoms with Crippen molar-refractivity contribution in [3.05, 3.63) is 134 Å². The molecule has 3 aromatic carbocycles. The summed E-state index contributed by atoms with van der Waals surface area (Å²) in [4.78, 5) is 14.5. The quantitative estimate of drug-likeness (QED) is 0.203. The molecule has 0 bridgehead atoms. The Morgan fingerprint density at radius 1 is 0.730 bits per heavy atom. The van der Waals surface area contributed by atoms with Crippen LogP contribution < -0.4 is 5.73 Å². The molecule has 1 heterocycles. The summed E-state index contributed by atoms with van der Waals surface area (Å²) in [6.45, 7) is 11.8. The number of rotatable bonds is 8. The first kappa shape index (κ1) is 25.3. The Morgan fingerprint density at radius 3 is 2.03 bits per heavy atom. The van der Waals surface area contributed by atoms with Gasteiger partial charge in [-0.3, -0.25) is 0 Å². The Morgan fingerprint density at radius 2 is 1.41 bits per heavy atom. The van der Waals surface area contributed by atoms with Crippen molar-refractivity contribution in [3.63, 3.8) is 0 Å². The fraction of sp³-hybridized carbons (Fsp3) is 0.0606. The second-order valence-corrected chi connectivity index (χ2v) is 8.40. The van der Waals surface area contributed by atoms with Gasteiger partial charge in [-0.15, -0.1) is 0 Å². The molecule has 0 atom stereocenters. The zero-order valence-corrected chi connectivity index (χ0v) is 21.2. The van der Waals surface area contributed by atoms with Crippen LogP contribution in [0.5, 0.6) is 0 Å². The number of anilines is 1. The molecule has 0 radical (unpaired) electrons. The molecule has 0 saturated carbocycles. The Kier molecular flexibility index (Phi) is 8.01. The first-order valence-electron chi connectivity index (χ1n) is 12.1. The van der Waals surface area contributed by atoms with Gasteiger partial charge >= 0.3 is 0 Å². The van der Waals surface area contributed by atoms with Gasteiger partial charge in [0.05, 0.1) is 0 Å². The number of aromatic nitrogens is 3. The van der Waals surface area contributed by atoms with Gasteiger partial charge in [-0.1, -0.05) is 92.1 Å². The third-order valence-electron chi connectivity index (χ3n) is 5.87. The van der Waals surface area contributed by atoms with Crippen molar-refractivity contribution in [3.8, 4) is 33.9 Å². The van der Waals surface area contributed by atoms with E-state index in [0.717, 1.165) is 44.7 Å². The van der Waals surface area contributed by atoms with Crippen LogP contribution in [0.15, 0.2) is 122 Å². The van der Waals surface area contributed by atoms with Gasteiger partial charge in [-0.05, 0) is 66.4 Å². The average Bonchev–Trinajstić information content (AvgIpc) is 2.95. The van der Waals surface area contributed by atoms with Crippen molar-refractivity contribution in [2.45, 2.75) is 13.8 Å². The number of hydrogen-bond acceptors (Lipinski definition) is 4. The zero-order chi connectivity index (χ0) is 26.2. The minimum absolute atomic E-state index is 0.540. The van der Waals surface area contributed by atoms with Crippen LogP contribution in [-0.2, 0) is 0 Å². The molecule has 0 aliphatic heterocycles. The third kappa shape index (κ3) is 5.88. The molecule has 4 aromatic rings. The maximum absolute atomic E-state index is 5.95. The van der Waals surface area contributed by atoms with E-state index in [-0.39, 0.29) is 0 Å². The smallest absolute Gasteiger partial charge is 0.164 e. The highest BCUT2D eigenvalue weighted by Crippen LogP contribution is 2.32. The van der Waals surface area contributed by atoms with Crippen molar-refractivity contribution < 1.29 is 0 Å². The van der Waals surface area contributed by atoms with E-state index < -0.39 is 0 Å². The van der Waals surface area contributed by atoms with Crippen molar-refractivity contribution in [1.82, 2.24) is 15.0 Å². The van der Waals surface area contributed by atoms with Crippen LogP contribution >= 0.6 is 0 Å². The number of allylic oxidation sites excluding steroid dienone is 8. The number of hydrogen-bond donors (Lipinski definition) is 1. The number of nitrogen functional groups attached to an aromatic ring is 1. The summed E-state index contributed by atoms with van der Waals surface area (Å²) in [5.74, 6) is 1.71. The molecule has 4 rings (SSSR count). The molecule has 2 N–H and O–H groups in total. The van der Waals surface area contributed by atoms with Gasteiger partial charge in [-0.25, -0.2) is 15.0 Å². The molecule has 0 fully saturated rings. The molecule has 37 heavy (non-hydrogen) atoms. The van der Waals surface area contributed by atoms with Gasteiger partial charge in [0, 0.05) is 22.4 Å². The van der Waals surface area contributed by atoms with Crippen LogP contribution in [0.4, 0.5) is 5.69 Å². The molecule has 0 aliphatic carbocycles. The Hall–Kier alpha value is -4.83. The molecule has 0 saturated heterocycles. The SMILES string of the molecule is C=C/C=C(\C=C)c1nc(-c2ccccc2)nc(-c2cc(C(/C=C\C)=C/C)cc(-c3ccc(N)cc3)c2)n1. The second kappa shape index (κ2) is 11.7. The van der Waals surface area contributed by atoms with Gasteiger partial charge in [-0.2, -0.15) is 0 Å². The van der Waals surface area contributed by atoms with Crippen LogP contribution in [0, 0.1) is 0 Å². The standard InChI is InChI=1S/C33H30N4/c1-5-12-23(7-3)27-20-28(25-16-18-30(34)19-17-25)22-29(21-27)33-36-31(24(8-4)13-6-2)35-32(37-33)26-14-10-9-11-15-26/h5-22H,2,4,34H2,1,3H3/b12-5-,23-7+,24-13+. The van der Waals surface area contributed by atoms with E-state index in [9.17, 15) is 0 Å². The molecule has 4 nitrogen and oxygen atoms in total. The topological polar surface area (TPSA) is 64.7 Å². The third-order valence-corrected chi connectivity index (χ3v) is 5.87. The fourth-order valence-corrected chi connectivity index (χ4v) is 4.02. The molecular formula is C33H30N4. The van der Waals surface area contributed by atoms with E-state index in [0.29, 0.717) is 17.5 Å². The van der Waals surface area contributed by atoms with Gasteiger partial charge in [0.25, 0.3) is 0 Å². The summed E-state index contributed by atoms with van der Waals surface area (Å²) in [5.41, 5.74) is 13.5. The number of nitrogens with zero attached hydrogens (tertiary/aromatic N) is 3. The van der Waals surface area contributed by atoms with E-state index in [1.54, 1.807) is 12.2 Å². The van der Waals surface area contributed by atoms with E-state index in [2.05, 4.69) is 43.5 Å². The maximum Gasteiger partial charge on any atom is 0.164 e. The van der Waals surface area contributed by atoms with Gasteiger partial charge in [0.1, 0.15) is 0 Å². The van der Waals surface area contributed by atoms with Crippen molar-refractivity contribution in [2.75, 3.05) is 5.73 Å². The highest BCUT2D eigenvalue weighted by molar-refractivity contribution is 5.83. The number of nitrogens with two attached hydrogens (primary N) is 1. The zero-order valence-electron chi connectivity index (χ0n) is 21.2. The predicted octanol–water partition coefficient (Wildman–Crippen LogP) is 8.19. The second-order valence-electron chi connectivity index (χ2n) is 8.40. The molecule has 0 aliphatic rings. The van der Waals surface area contributed by atoms with Crippen LogP contribution in [0.25, 0.3) is 45.0 Å². The van der Waals surface area contributed by atoms with E-state index in [1.165, 1.54) is 0 Å². The Labute approximate surface area is 219 Å². The van der Waals surface area contributed by atoms with E-state index in [1.807, 2.05) is 80.6 Å². The summed E-state index contributed by atoms with van der Waals surface area (Å²) in [6.07, 6.45) is 11.5. The highest BCUT2D eigenvalue weighted by Gasteiger charge is 2.15. The van der Waals surface area contributed by atoms with E-state index >= 15 is 0 Å². The predicted molar refractivity (Wildman–Crippen MR) is 157 cm³/mol. The van der Waals surface area contributed by atoms with Gasteiger partial charge in [0.2, 0.25) is 0 Å². The minimum atomic E-state index is 0.540. The molecule has 4 heteroatoms. The molecule has 0 unspecified atom stereocenters. The van der Waals surface area contributed by atoms with Crippen molar-refractivity contribution in [1.29, 1.82) is 0 Å². The van der Waals surface area contributed by atoms with Crippen LogP contribution in [0.3, 0.4) is 0 Å². The molecule has 0 amide bonds. The lowest BCUT2D eigenvalue weighted by Gasteiger charge is -2.13. The van der Waals surface area contributed by atoms with Crippen LogP contribution in [0.2, 0.25) is 0 Å². The largest absolute Gasteiger partial charge is 0.399 e.